The summed E-state index contributed by atoms with van der Waals surface area (Å²) < 4.78 is 26.0. The van der Waals surface area contributed by atoms with E-state index < -0.39 is 5.92 Å². The van der Waals surface area contributed by atoms with Crippen LogP contribution in [-0.4, -0.2) is 43.0 Å². The van der Waals surface area contributed by atoms with Gasteiger partial charge in [0.15, 0.2) is 0 Å². The third-order valence-electron chi connectivity index (χ3n) is 3.26. The lowest BCUT2D eigenvalue weighted by molar-refractivity contribution is 0.0109. The van der Waals surface area contributed by atoms with E-state index in [-0.39, 0.29) is 30.9 Å². The maximum atomic E-state index is 13.0. The van der Waals surface area contributed by atoms with E-state index in [4.69, 9.17) is 0 Å². The molecule has 2 nitrogen and oxygen atoms in total. The molecule has 0 aromatic carbocycles. The molecule has 0 radical (unpaired) electrons. The number of halogens is 3. The largest absolute Gasteiger partial charge is 0.306 e. The molecule has 0 saturated carbocycles. The molecular formula is C9H17ClF2N2. The van der Waals surface area contributed by atoms with Gasteiger partial charge in [-0.3, -0.25) is 0 Å². The summed E-state index contributed by atoms with van der Waals surface area (Å²) in [6, 6.07) is 0. The van der Waals surface area contributed by atoms with Crippen LogP contribution in [0.25, 0.3) is 0 Å². The van der Waals surface area contributed by atoms with Crippen molar-refractivity contribution in [3.63, 3.8) is 0 Å². The molecule has 1 spiro atoms. The summed E-state index contributed by atoms with van der Waals surface area (Å²) in [5.41, 5.74) is -0.254. The number of nitrogens with zero attached hydrogens (tertiary/aromatic N) is 1. The van der Waals surface area contributed by atoms with E-state index in [1.165, 1.54) is 0 Å². The Labute approximate surface area is 89.4 Å². The van der Waals surface area contributed by atoms with Crippen molar-refractivity contribution in [1.29, 1.82) is 0 Å². The molecule has 0 unspecified atom stereocenters. The van der Waals surface area contributed by atoms with Crippen LogP contribution in [0.2, 0.25) is 0 Å². The predicted octanol–water partition coefficient (Wildman–Crippen LogP) is 1.50. The van der Waals surface area contributed by atoms with E-state index >= 15 is 0 Å². The summed E-state index contributed by atoms with van der Waals surface area (Å²) in [4.78, 5) is 2.20. The van der Waals surface area contributed by atoms with Gasteiger partial charge in [-0.25, -0.2) is 8.78 Å². The zero-order chi connectivity index (χ0) is 9.53. The summed E-state index contributed by atoms with van der Waals surface area (Å²) in [5.74, 6) is -2.48. The fourth-order valence-corrected chi connectivity index (χ4v) is 2.34. The van der Waals surface area contributed by atoms with Crippen molar-refractivity contribution in [2.24, 2.45) is 0 Å². The number of hydrogen-bond acceptors (Lipinski definition) is 2. The van der Waals surface area contributed by atoms with Crippen molar-refractivity contribution in [3.8, 4) is 0 Å². The first-order valence-electron chi connectivity index (χ1n) is 4.83. The van der Waals surface area contributed by atoms with Crippen LogP contribution < -0.4 is 5.32 Å². The molecule has 14 heavy (non-hydrogen) atoms. The Morgan fingerprint density at radius 1 is 1.21 bits per heavy atom. The molecule has 5 heteroatoms. The standard InChI is InChI=1S/C9H16F2N2.ClH/c1-13-4-2-8(3-5-13)6-9(10,11)7-12-8;/h12H,2-7H2,1H3;1H. The van der Waals surface area contributed by atoms with Gasteiger partial charge in [0, 0.05) is 12.0 Å². The molecule has 0 amide bonds. The normalized spacial score (nSPS) is 30.2. The molecule has 2 saturated heterocycles. The predicted molar refractivity (Wildman–Crippen MR) is 54.3 cm³/mol. The first-order chi connectivity index (χ1) is 6.02. The van der Waals surface area contributed by atoms with E-state index in [1.54, 1.807) is 0 Å². The first-order valence-corrected chi connectivity index (χ1v) is 4.83. The van der Waals surface area contributed by atoms with Crippen LogP contribution in [0.15, 0.2) is 0 Å². The SMILES string of the molecule is CN1CCC2(CC1)CC(F)(F)CN2.Cl. The fraction of sp³-hybridized carbons (Fsp3) is 1.00. The van der Waals surface area contributed by atoms with Crippen molar-refractivity contribution in [1.82, 2.24) is 10.2 Å². The van der Waals surface area contributed by atoms with E-state index in [9.17, 15) is 8.78 Å². The lowest BCUT2D eigenvalue weighted by Gasteiger charge is -2.37. The second kappa shape index (κ2) is 3.91. The van der Waals surface area contributed by atoms with Crippen LogP contribution in [0.4, 0.5) is 8.78 Å². The molecule has 2 fully saturated rings. The minimum Gasteiger partial charge on any atom is -0.306 e. The smallest absolute Gasteiger partial charge is 0.262 e. The number of nitrogens with one attached hydrogen (secondary N) is 1. The molecule has 0 atom stereocenters. The van der Waals surface area contributed by atoms with Gasteiger partial charge in [0.1, 0.15) is 0 Å². The van der Waals surface area contributed by atoms with E-state index in [2.05, 4.69) is 10.2 Å². The summed E-state index contributed by atoms with van der Waals surface area (Å²) >= 11 is 0. The first kappa shape index (κ1) is 12.1. The molecular weight excluding hydrogens is 210 g/mol. The Morgan fingerprint density at radius 2 is 1.79 bits per heavy atom. The fourth-order valence-electron chi connectivity index (χ4n) is 2.34. The van der Waals surface area contributed by atoms with Gasteiger partial charge in [0.05, 0.1) is 6.54 Å². The maximum Gasteiger partial charge on any atom is 0.262 e. The van der Waals surface area contributed by atoms with Gasteiger partial charge in [-0.2, -0.15) is 0 Å². The molecule has 1 N–H and O–H groups in total. The van der Waals surface area contributed by atoms with Gasteiger partial charge in [-0.05, 0) is 33.0 Å². The lowest BCUT2D eigenvalue weighted by Crippen LogP contribution is -2.48. The Hall–Kier alpha value is 0.0700. The molecule has 0 aromatic rings. The Morgan fingerprint density at radius 3 is 2.21 bits per heavy atom. The lowest BCUT2D eigenvalue weighted by atomic mass is 9.86. The third-order valence-corrected chi connectivity index (χ3v) is 3.26. The molecule has 0 aromatic heterocycles. The molecule has 2 heterocycles. The van der Waals surface area contributed by atoms with Gasteiger partial charge in [-0.1, -0.05) is 0 Å². The number of hydrogen-bond donors (Lipinski definition) is 1. The highest BCUT2D eigenvalue weighted by Crippen LogP contribution is 2.38. The topological polar surface area (TPSA) is 15.3 Å². The molecule has 2 aliphatic heterocycles. The average Bonchev–Trinajstić information content (AvgIpc) is 2.35. The average molecular weight is 227 g/mol. The van der Waals surface area contributed by atoms with Gasteiger partial charge in [-0.15, -0.1) is 12.4 Å². The van der Waals surface area contributed by atoms with Gasteiger partial charge in [0.2, 0.25) is 0 Å². The summed E-state index contributed by atoms with van der Waals surface area (Å²) in [6.45, 7) is 1.74. The summed E-state index contributed by atoms with van der Waals surface area (Å²) in [7, 11) is 2.04. The Balaban J connectivity index is 0.000000980. The van der Waals surface area contributed by atoms with Crippen LogP contribution >= 0.6 is 12.4 Å². The van der Waals surface area contributed by atoms with E-state index in [1.807, 2.05) is 7.05 Å². The second-order valence-electron chi connectivity index (χ2n) is 4.47. The van der Waals surface area contributed by atoms with Crippen LogP contribution in [0, 0.1) is 0 Å². The number of likely N-dealkylation sites (tertiary alicyclic amines) is 1. The molecule has 0 bridgehead atoms. The highest BCUT2D eigenvalue weighted by Gasteiger charge is 2.49. The van der Waals surface area contributed by atoms with Gasteiger partial charge < -0.3 is 10.2 Å². The van der Waals surface area contributed by atoms with E-state index in [0.29, 0.717) is 0 Å². The quantitative estimate of drug-likeness (QED) is 0.674. The third kappa shape index (κ3) is 2.35. The Bertz CT molecular complexity index is 203. The number of rotatable bonds is 0. The Kier molecular flexibility index (Phi) is 3.39. The minimum absolute atomic E-state index is 0. The molecule has 0 aliphatic carbocycles. The highest BCUT2D eigenvalue weighted by atomic mass is 35.5. The van der Waals surface area contributed by atoms with Crippen LogP contribution in [0.1, 0.15) is 19.3 Å². The van der Waals surface area contributed by atoms with Crippen molar-refractivity contribution in [2.75, 3.05) is 26.7 Å². The molecule has 2 aliphatic rings. The zero-order valence-corrected chi connectivity index (χ0v) is 9.17. The van der Waals surface area contributed by atoms with Crippen molar-refractivity contribution in [3.05, 3.63) is 0 Å². The highest BCUT2D eigenvalue weighted by molar-refractivity contribution is 5.85. The zero-order valence-electron chi connectivity index (χ0n) is 8.35. The monoisotopic (exact) mass is 226 g/mol. The summed E-state index contributed by atoms with van der Waals surface area (Å²) in [5, 5.41) is 3.01. The van der Waals surface area contributed by atoms with E-state index in [0.717, 1.165) is 25.9 Å². The van der Waals surface area contributed by atoms with Crippen LogP contribution in [0.3, 0.4) is 0 Å². The van der Waals surface area contributed by atoms with Crippen molar-refractivity contribution < 1.29 is 8.78 Å². The van der Waals surface area contributed by atoms with Crippen molar-refractivity contribution in [2.45, 2.75) is 30.7 Å². The maximum absolute atomic E-state index is 13.0. The molecule has 84 valence electrons. The van der Waals surface area contributed by atoms with Gasteiger partial charge in [0.25, 0.3) is 5.92 Å². The minimum atomic E-state index is -2.48. The molecule has 2 rings (SSSR count). The second-order valence-corrected chi connectivity index (χ2v) is 4.47. The van der Waals surface area contributed by atoms with Crippen molar-refractivity contribution >= 4 is 12.4 Å². The number of piperidine rings is 1. The van der Waals surface area contributed by atoms with Gasteiger partial charge >= 0.3 is 0 Å². The number of alkyl halides is 2. The van der Waals surface area contributed by atoms with Crippen LogP contribution in [-0.2, 0) is 0 Å². The van der Waals surface area contributed by atoms with Crippen LogP contribution in [0.5, 0.6) is 0 Å². The summed E-state index contributed by atoms with van der Waals surface area (Å²) in [6.07, 6.45) is 1.76.